The molecule has 1 saturated carbocycles. The molecule has 2 aromatic rings. The number of benzene rings is 1. The fraction of sp³-hybridized carbons (Fsp3) is 0.412. The van der Waals surface area contributed by atoms with Gasteiger partial charge < -0.3 is 14.0 Å². The number of carbonyl (C=O) groups is 1. The Hall–Kier alpha value is -1.51. The molecule has 0 N–H and O–H groups in total. The summed E-state index contributed by atoms with van der Waals surface area (Å²) in [6.07, 6.45) is 4.95. The lowest BCUT2D eigenvalue weighted by molar-refractivity contribution is 0.103. The van der Waals surface area contributed by atoms with Crippen molar-refractivity contribution in [1.82, 2.24) is 5.16 Å². The van der Waals surface area contributed by atoms with Crippen LogP contribution in [-0.4, -0.2) is 41.7 Å². The van der Waals surface area contributed by atoms with Crippen LogP contribution in [0, 0.1) is 0 Å². The minimum Gasteiger partial charge on any atom is -0.489 e. The third-order valence-electron chi connectivity index (χ3n) is 3.92. The molecule has 0 spiro atoms. The second-order valence-corrected chi connectivity index (χ2v) is 7.93. The predicted molar refractivity (Wildman–Crippen MR) is 95.8 cm³/mol. The maximum absolute atomic E-state index is 13.0. The molecule has 6 nitrogen and oxygen atoms in total. The van der Waals surface area contributed by atoms with E-state index in [-0.39, 0.29) is 18.3 Å². The van der Waals surface area contributed by atoms with Crippen molar-refractivity contribution in [1.29, 1.82) is 0 Å². The van der Waals surface area contributed by atoms with Gasteiger partial charge in [0.05, 0.1) is 38.5 Å². The molecule has 1 fully saturated rings. The van der Waals surface area contributed by atoms with Crippen molar-refractivity contribution >= 4 is 32.5 Å². The molecule has 1 heterocycles. The SMILES string of the molecule is COCCOc1c(Br)ccc(C(=O)c2cnoc2C2CC2)c1S(C)=O. The lowest BCUT2D eigenvalue weighted by Crippen LogP contribution is -2.12. The zero-order valence-electron chi connectivity index (χ0n) is 13.9. The van der Waals surface area contributed by atoms with Gasteiger partial charge in [-0.2, -0.15) is 0 Å². The molecule has 8 heteroatoms. The summed E-state index contributed by atoms with van der Waals surface area (Å²) in [6.45, 7) is 0.676. The van der Waals surface area contributed by atoms with Gasteiger partial charge in [0, 0.05) is 24.8 Å². The molecule has 1 aliphatic rings. The highest BCUT2D eigenvalue weighted by atomic mass is 79.9. The van der Waals surface area contributed by atoms with E-state index in [9.17, 15) is 9.00 Å². The van der Waals surface area contributed by atoms with Crippen LogP contribution in [0.3, 0.4) is 0 Å². The molecule has 0 amide bonds. The maximum Gasteiger partial charge on any atom is 0.199 e. The molecule has 134 valence electrons. The summed E-state index contributed by atoms with van der Waals surface area (Å²) in [5, 5.41) is 3.78. The van der Waals surface area contributed by atoms with Crippen LogP contribution in [0.1, 0.15) is 40.4 Å². The fourth-order valence-corrected chi connectivity index (χ4v) is 4.05. The van der Waals surface area contributed by atoms with Crippen molar-refractivity contribution in [2.75, 3.05) is 26.6 Å². The summed E-state index contributed by atoms with van der Waals surface area (Å²) in [6, 6.07) is 3.37. The van der Waals surface area contributed by atoms with Crippen LogP contribution in [-0.2, 0) is 15.5 Å². The zero-order chi connectivity index (χ0) is 18.0. The number of carbonyl (C=O) groups excluding carboxylic acids is 1. The van der Waals surface area contributed by atoms with E-state index in [2.05, 4.69) is 21.1 Å². The standard InChI is InChI=1S/C17H18BrNO5S/c1-22-7-8-23-16-13(18)6-5-11(17(16)25(2)21)14(20)12-9-19-24-15(12)10-3-4-10/h5-6,9-10H,3-4,7-8H2,1-2H3. The van der Waals surface area contributed by atoms with Crippen LogP contribution >= 0.6 is 15.9 Å². The quantitative estimate of drug-likeness (QED) is 0.474. The lowest BCUT2D eigenvalue weighted by atomic mass is 10.0. The Morgan fingerprint density at radius 1 is 1.36 bits per heavy atom. The summed E-state index contributed by atoms with van der Waals surface area (Å²) < 4.78 is 29.0. The van der Waals surface area contributed by atoms with Gasteiger partial charge in [0.1, 0.15) is 12.4 Å². The number of hydrogen-bond donors (Lipinski definition) is 0. The third kappa shape index (κ3) is 3.86. The Balaban J connectivity index is 2.02. The van der Waals surface area contributed by atoms with Crippen molar-refractivity contribution in [2.24, 2.45) is 0 Å². The Morgan fingerprint density at radius 2 is 2.12 bits per heavy atom. The Morgan fingerprint density at radius 3 is 2.76 bits per heavy atom. The molecule has 1 atom stereocenters. The molecular formula is C17H18BrNO5S. The first-order valence-corrected chi connectivity index (χ1v) is 10.2. The minimum absolute atomic E-state index is 0.252. The van der Waals surface area contributed by atoms with E-state index in [1.54, 1.807) is 19.2 Å². The highest BCUT2D eigenvalue weighted by Gasteiger charge is 2.34. The Bertz CT molecular complexity index is 815. The predicted octanol–water partition coefficient (Wildman–Crippen LogP) is 3.31. The van der Waals surface area contributed by atoms with Crippen LogP contribution in [0.15, 0.2) is 32.2 Å². The van der Waals surface area contributed by atoms with Gasteiger partial charge >= 0.3 is 0 Å². The summed E-state index contributed by atoms with van der Waals surface area (Å²) in [7, 11) is 0.153. The van der Waals surface area contributed by atoms with Crippen LogP contribution in [0.25, 0.3) is 0 Å². The monoisotopic (exact) mass is 427 g/mol. The molecule has 1 unspecified atom stereocenters. The van der Waals surface area contributed by atoms with Gasteiger partial charge in [-0.05, 0) is 40.9 Å². The lowest BCUT2D eigenvalue weighted by Gasteiger charge is -2.15. The number of ether oxygens (including phenoxy) is 2. The Labute approximate surface area is 156 Å². The van der Waals surface area contributed by atoms with Crippen LogP contribution < -0.4 is 4.74 Å². The fourth-order valence-electron chi connectivity index (χ4n) is 2.57. The van der Waals surface area contributed by atoms with Gasteiger partial charge in [0.15, 0.2) is 11.5 Å². The molecule has 25 heavy (non-hydrogen) atoms. The van der Waals surface area contributed by atoms with Crippen LogP contribution in [0.4, 0.5) is 0 Å². The highest BCUT2D eigenvalue weighted by Crippen LogP contribution is 2.43. The summed E-state index contributed by atoms with van der Waals surface area (Å²) in [5.41, 5.74) is 0.765. The molecule has 1 aromatic heterocycles. The molecular weight excluding hydrogens is 410 g/mol. The van der Waals surface area contributed by atoms with E-state index in [0.717, 1.165) is 12.8 Å². The van der Waals surface area contributed by atoms with Gasteiger partial charge in [-0.25, -0.2) is 0 Å². The number of halogens is 1. The van der Waals surface area contributed by atoms with Crippen molar-refractivity contribution in [2.45, 2.75) is 23.7 Å². The molecule has 0 radical (unpaired) electrons. The normalized spacial score (nSPS) is 15.2. The second kappa shape index (κ2) is 7.80. The zero-order valence-corrected chi connectivity index (χ0v) is 16.3. The number of nitrogens with zero attached hydrogens (tertiary/aromatic N) is 1. The second-order valence-electron chi connectivity index (χ2n) is 5.76. The summed E-state index contributed by atoms with van der Waals surface area (Å²) in [5.74, 6) is 1.01. The van der Waals surface area contributed by atoms with Crippen LogP contribution in [0.2, 0.25) is 0 Å². The molecule has 0 bridgehead atoms. The van der Waals surface area contributed by atoms with Gasteiger partial charge in [-0.3, -0.25) is 9.00 Å². The molecule has 0 aliphatic heterocycles. The molecule has 0 saturated heterocycles. The van der Waals surface area contributed by atoms with E-state index in [4.69, 9.17) is 14.0 Å². The minimum atomic E-state index is -1.42. The third-order valence-corrected chi connectivity index (χ3v) is 5.53. The molecule has 1 aliphatic carbocycles. The van der Waals surface area contributed by atoms with Crippen molar-refractivity contribution in [3.63, 3.8) is 0 Å². The topological polar surface area (TPSA) is 78.6 Å². The van der Waals surface area contributed by atoms with Gasteiger partial charge in [-0.1, -0.05) is 5.16 Å². The largest absolute Gasteiger partial charge is 0.489 e. The first kappa shape index (κ1) is 18.3. The van der Waals surface area contributed by atoms with Crippen molar-refractivity contribution in [3.05, 3.63) is 39.7 Å². The average Bonchev–Trinajstić information content (AvgIpc) is 3.32. The van der Waals surface area contributed by atoms with E-state index < -0.39 is 10.8 Å². The van der Waals surface area contributed by atoms with Crippen LogP contribution in [0.5, 0.6) is 5.75 Å². The molecule has 3 rings (SSSR count). The molecule has 1 aromatic carbocycles. The average molecular weight is 428 g/mol. The van der Waals surface area contributed by atoms with Gasteiger partial charge in [0.25, 0.3) is 0 Å². The number of ketones is 1. The number of aromatic nitrogens is 1. The highest BCUT2D eigenvalue weighted by molar-refractivity contribution is 9.10. The summed E-state index contributed by atoms with van der Waals surface area (Å²) >= 11 is 3.40. The van der Waals surface area contributed by atoms with E-state index >= 15 is 0 Å². The van der Waals surface area contributed by atoms with E-state index in [1.807, 2.05) is 0 Å². The van der Waals surface area contributed by atoms with Gasteiger partial charge in [-0.15, -0.1) is 0 Å². The number of hydrogen-bond acceptors (Lipinski definition) is 6. The Kier molecular flexibility index (Phi) is 5.71. The number of rotatable bonds is 8. The first-order valence-electron chi connectivity index (χ1n) is 7.81. The van der Waals surface area contributed by atoms with Gasteiger partial charge in [0.2, 0.25) is 0 Å². The van der Waals surface area contributed by atoms with Crippen molar-refractivity contribution in [3.8, 4) is 5.75 Å². The van der Waals surface area contributed by atoms with E-state index in [0.29, 0.717) is 38.6 Å². The summed E-state index contributed by atoms with van der Waals surface area (Å²) in [4.78, 5) is 13.4. The van der Waals surface area contributed by atoms with Crippen molar-refractivity contribution < 1.29 is 23.0 Å². The maximum atomic E-state index is 13.0. The number of methoxy groups -OCH3 is 1. The van der Waals surface area contributed by atoms with E-state index in [1.165, 1.54) is 12.5 Å². The first-order chi connectivity index (χ1) is 12.0. The smallest absolute Gasteiger partial charge is 0.199 e.